The Balaban J connectivity index is 1.34. The molecule has 10 nitrogen and oxygen atoms in total. The summed E-state index contributed by atoms with van der Waals surface area (Å²) in [5.41, 5.74) is 2.87. The first-order chi connectivity index (χ1) is 18.6. The standard InChI is InChI=1S/C27H18Cl2N4O6/c28-22-14-18(5-11-24(22)32(36)37)26(34)30-20-7-1-16(2-8-20)13-17-3-9-21(10-4-17)31-27(35)19-6-12-25(33(38)39)23(29)15-19/h1-12,14-15H,13H2,(H,30,34)(H,31,35). The largest absolute Gasteiger partial charge is 0.322 e. The monoisotopic (exact) mass is 564 g/mol. The zero-order valence-corrected chi connectivity index (χ0v) is 21.4. The number of nitrogens with zero attached hydrogens (tertiary/aromatic N) is 2. The Morgan fingerprint density at radius 2 is 0.974 bits per heavy atom. The van der Waals surface area contributed by atoms with Crippen molar-refractivity contribution in [1.29, 1.82) is 0 Å². The highest BCUT2D eigenvalue weighted by atomic mass is 35.5. The van der Waals surface area contributed by atoms with Crippen molar-refractivity contribution >= 4 is 57.8 Å². The first-order valence-electron chi connectivity index (χ1n) is 11.3. The number of amides is 2. The van der Waals surface area contributed by atoms with Gasteiger partial charge in [-0.05, 0) is 66.1 Å². The first-order valence-corrected chi connectivity index (χ1v) is 12.0. The molecule has 0 unspecified atom stereocenters. The number of nitro benzene ring substituents is 2. The second kappa shape index (κ2) is 11.7. The highest BCUT2D eigenvalue weighted by Gasteiger charge is 2.17. The van der Waals surface area contributed by atoms with Gasteiger partial charge in [0, 0.05) is 34.6 Å². The summed E-state index contributed by atoms with van der Waals surface area (Å²) in [5.74, 6) is -0.902. The van der Waals surface area contributed by atoms with Gasteiger partial charge in [0.2, 0.25) is 0 Å². The lowest BCUT2D eigenvalue weighted by Gasteiger charge is -2.09. The highest BCUT2D eigenvalue weighted by Crippen LogP contribution is 2.27. The van der Waals surface area contributed by atoms with E-state index >= 15 is 0 Å². The third kappa shape index (κ3) is 6.75. The van der Waals surface area contributed by atoms with Gasteiger partial charge in [-0.25, -0.2) is 0 Å². The molecule has 0 heterocycles. The van der Waals surface area contributed by atoms with E-state index in [0.29, 0.717) is 17.8 Å². The number of nitro groups is 2. The molecular weight excluding hydrogens is 547 g/mol. The van der Waals surface area contributed by atoms with Crippen LogP contribution in [0.5, 0.6) is 0 Å². The number of hydrogen-bond acceptors (Lipinski definition) is 6. The van der Waals surface area contributed by atoms with E-state index < -0.39 is 21.7 Å². The van der Waals surface area contributed by atoms with Crippen LogP contribution >= 0.6 is 23.2 Å². The maximum atomic E-state index is 12.5. The number of hydrogen-bond donors (Lipinski definition) is 2. The van der Waals surface area contributed by atoms with Crippen LogP contribution in [0.4, 0.5) is 22.7 Å². The van der Waals surface area contributed by atoms with Crippen LogP contribution in [0, 0.1) is 20.2 Å². The third-order valence-corrected chi connectivity index (χ3v) is 6.25. The number of halogens is 2. The van der Waals surface area contributed by atoms with Crippen molar-refractivity contribution in [1.82, 2.24) is 0 Å². The van der Waals surface area contributed by atoms with E-state index in [4.69, 9.17) is 23.2 Å². The van der Waals surface area contributed by atoms with Crippen molar-refractivity contribution in [2.24, 2.45) is 0 Å². The molecule has 0 radical (unpaired) electrons. The van der Waals surface area contributed by atoms with Crippen molar-refractivity contribution in [2.75, 3.05) is 10.6 Å². The van der Waals surface area contributed by atoms with E-state index in [1.165, 1.54) is 36.4 Å². The average Bonchev–Trinajstić information content (AvgIpc) is 2.90. The predicted molar refractivity (Wildman–Crippen MR) is 148 cm³/mol. The molecule has 0 aliphatic carbocycles. The molecular formula is C27H18Cl2N4O6. The van der Waals surface area contributed by atoms with E-state index in [1.807, 2.05) is 24.3 Å². The molecule has 0 atom stereocenters. The number of anilines is 2. The number of benzene rings is 4. The Hall–Kier alpha value is -4.80. The summed E-state index contributed by atoms with van der Waals surface area (Å²) in [4.78, 5) is 45.5. The summed E-state index contributed by atoms with van der Waals surface area (Å²) in [5, 5.41) is 27.0. The van der Waals surface area contributed by atoms with Crippen LogP contribution in [-0.2, 0) is 6.42 Å². The van der Waals surface area contributed by atoms with E-state index in [1.54, 1.807) is 24.3 Å². The second-order valence-electron chi connectivity index (χ2n) is 8.33. The molecule has 39 heavy (non-hydrogen) atoms. The van der Waals surface area contributed by atoms with Crippen molar-refractivity contribution in [3.05, 3.63) is 137 Å². The molecule has 0 aliphatic heterocycles. The normalized spacial score (nSPS) is 10.5. The Kier molecular flexibility index (Phi) is 8.18. The Morgan fingerprint density at radius 3 is 1.28 bits per heavy atom. The van der Waals surface area contributed by atoms with Gasteiger partial charge in [-0.2, -0.15) is 0 Å². The lowest BCUT2D eigenvalue weighted by molar-refractivity contribution is -0.384. The first kappa shape index (κ1) is 27.2. The fourth-order valence-electron chi connectivity index (χ4n) is 3.65. The molecule has 0 saturated heterocycles. The van der Waals surface area contributed by atoms with Crippen LogP contribution in [0.2, 0.25) is 10.0 Å². The maximum Gasteiger partial charge on any atom is 0.287 e. The molecule has 0 aliphatic rings. The second-order valence-corrected chi connectivity index (χ2v) is 9.14. The van der Waals surface area contributed by atoms with Gasteiger partial charge in [0.1, 0.15) is 10.0 Å². The molecule has 196 valence electrons. The molecule has 2 N–H and O–H groups in total. The van der Waals surface area contributed by atoms with Gasteiger partial charge in [-0.15, -0.1) is 0 Å². The summed E-state index contributed by atoms with van der Waals surface area (Å²) in [7, 11) is 0. The number of carbonyl (C=O) groups is 2. The van der Waals surface area contributed by atoms with E-state index in [9.17, 15) is 29.8 Å². The van der Waals surface area contributed by atoms with Gasteiger partial charge in [-0.3, -0.25) is 29.8 Å². The Morgan fingerprint density at radius 1 is 0.615 bits per heavy atom. The lowest BCUT2D eigenvalue weighted by atomic mass is 10.0. The minimum atomic E-state index is -0.620. The van der Waals surface area contributed by atoms with Crippen LogP contribution in [0.25, 0.3) is 0 Å². The smallest absolute Gasteiger partial charge is 0.287 e. The van der Waals surface area contributed by atoms with Gasteiger partial charge in [-0.1, -0.05) is 47.5 Å². The van der Waals surface area contributed by atoms with Gasteiger partial charge in [0.05, 0.1) is 9.85 Å². The molecule has 0 saturated carbocycles. The number of nitrogens with one attached hydrogen (secondary N) is 2. The van der Waals surface area contributed by atoms with Crippen LogP contribution in [0.1, 0.15) is 31.8 Å². The summed E-state index contributed by atoms with van der Waals surface area (Å²) in [6, 6.07) is 21.9. The van der Waals surface area contributed by atoms with Crippen LogP contribution < -0.4 is 10.6 Å². The number of rotatable bonds is 8. The van der Waals surface area contributed by atoms with Crippen molar-refractivity contribution in [3.63, 3.8) is 0 Å². The van der Waals surface area contributed by atoms with E-state index in [2.05, 4.69) is 10.6 Å². The minimum Gasteiger partial charge on any atom is -0.322 e. The molecule has 12 heteroatoms. The van der Waals surface area contributed by atoms with Crippen molar-refractivity contribution < 1.29 is 19.4 Å². The van der Waals surface area contributed by atoms with Crippen LogP contribution in [-0.4, -0.2) is 21.7 Å². The molecule has 0 spiro atoms. The van der Waals surface area contributed by atoms with Crippen LogP contribution in [0.3, 0.4) is 0 Å². The topological polar surface area (TPSA) is 144 Å². The average molecular weight is 565 g/mol. The third-order valence-electron chi connectivity index (χ3n) is 5.64. The molecule has 4 aromatic rings. The molecule has 0 aromatic heterocycles. The van der Waals surface area contributed by atoms with E-state index in [-0.39, 0.29) is 32.5 Å². The lowest BCUT2D eigenvalue weighted by Crippen LogP contribution is -2.12. The Bertz CT molecular complexity index is 1470. The van der Waals surface area contributed by atoms with Gasteiger partial charge >= 0.3 is 0 Å². The molecule has 0 bridgehead atoms. The summed E-state index contributed by atoms with van der Waals surface area (Å²) in [6.45, 7) is 0. The van der Waals surface area contributed by atoms with Gasteiger partial charge < -0.3 is 10.6 Å². The molecule has 2 amide bonds. The minimum absolute atomic E-state index is 0.121. The Labute approximate surface area is 231 Å². The van der Waals surface area contributed by atoms with Crippen LogP contribution in [0.15, 0.2) is 84.9 Å². The molecule has 0 fully saturated rings. The van der Waals surface area contributed by atoms with Crippen molar-refractivity contribution in [3.8, 4) is 0 Å². The number of carbonyl (C=O) groups excluding carboxylic acids is 2. The zero-order chi connectivity index (χ0) is 28.1. The van der Waals surface area contributed by atoms with Crippen molar-refractivity contribution in [2.45, 2.75) is 6.42 Å². The maximum absolute atomic E-state index is 12.5. The van der Waals surface area contributed by atoms with E-state index in [0.717, 1.165) is 11.1 Å². The predicted octanol–water partition coefficient (Wildman–Crippen LogP) is 6.91. The summed E-state index contributed by atoms with van der Waals surface area (Å²) < 4.78 is 0. The zero-order valence-electron chi connectivity index (χ0n) is 19.9. The fraction of sp³-hybridized carbons (Fsp3) is 0.0370. The fourth-order valence-corrected chi connectivity index (χ4v) is 4.15. The summed E-state index contributed by atoms with van der Waals surface area (Å²) >= 11 is 11.8. The highest BCUT2D eigenvalue weighted by molar-refractivity contribution is 6.33. The molecule has 4 rings (SSSR count). The quantitative estimate of drug-likeness (QED) is 0.176. The molecule has 4 aromatic carbocycles. The summed E-state index contributed by atoms with van der Waals surface area (Å²) in [6.07, 6.45) is 0.596. The SMILES string of the molecule is O=C(Nc1ccc(Cc2ccc(NC(=O)c3ccc([N+](=O)[O-])c(Cl)c3)cc2)cc1)c1ccc([N+](=O)[O-])c(Cl)c1. The van der Waals surface area contributed by atoms with Gasteiger partial charge in [0.25, 0.3) is 23.2 Å². The van der Waals surface area contributed by atoms with Gasteiger partial charge in [0.15, 0.2) is 0 Å².